The highest BCUT2D eigenvalue weighted by Crippen LogP contribution is 2.30. The highest BCUT2D eigenvalue weighted by Gasteiger charge is 2.50. The minimum Gasteiger partial charge on any atom is -0.394 e. The molecule has 14 nitrogen and oxygen atoms in total. The maximum Gasteiger partial charge on any atom is 0.220 e. The molecule has 14 heteroatoms. The molecule has 2 saturated heterocycles. The molecule has 0 radical (unpaired) electrons. The number of aliphatic hydroxyl groups is 8. The van der Waals surface area contributed by atoms with Crippen molar-refractivity contribution in [3.8, 4) is 0 Å². The third-order valence-electron chi connectivity index (χ3n) is 11.2. The Labute approximate surface area is 371 Å². The fourth-order valence-corrected chi connectivity index (χ4v) is 7.22. The molecule has 0 bridgehead atoms. The molecular weight excluding hydrogens is 799 g/mol. The van der Waals surface area contributed by atoms with E-state index in [1.165, 1.54) is 38.5 Å². The van der Waals surface area contributed by atoms with E-state index in [1.807, 2.05) is 6.08 Å². The second-order valence-electron chi connectivity index (χ2n) is 16.5. The Morgan fingerprint density at radius 1 is 0.581 bits per heavy atom. The summed E-state index contributed by atoms with van der Waals surface area (Å²) in [6.07, 6.45) is 24.1. The van der Waals surface area contributed by atoms with Crippen LogP contribution in [-0.2, 0) is 23.7 Å². The SMILES string of the molecule is CCCC/C=C\C/C=C\CCCCCCCC(=O)NC(COC1OC(CO)C(OC2OC(CO)C(O)C(O)C2O)C(O)C1O)C(O)/C=C/CC/C=C/CC/C=C/CCCCCC. The summed E-state index contributed by atoms with van der Waals surface area (Å²) < 4.78 is 22.6. The Morgan fingerprint density at radius 3 is 1.73 bits per heavy atom. The van der Waals surface area contributed by atoms with E-state index < -0.39 is 86.8 Å². The summed E-state index contributed by atoms with van der Waals surface area (Å²) in [6, 6.07) is -0.945. The molecule has 2 rings (SSSR count). The number of ether oxygens (including phenoxy) is 4. The van der Waals surface area contributed by atoms with Gasteiger partial charge in [-0.15, -0.1) is 0 Å². The van der Waals surface area contributed by atoms with Gasteiger partial charge in [0.1, 0.15) is 48.8 Å². The summed E-state index contributed by atoms with van der Waals surface area (Å²) in [7, 11) is 0. The average molecular weight is 882 g/mol. The number of allylic oxidation sites excluding steroid dienone is 9. The van der Waals surface area contributed by atoms with E-state index in [2.05, 4.69) is 67.8 Å². The molecule has 0 spiro atoms. The van der Waals surface area contributed by atoms with E-state index in [4.69, 9.17) is 18.9 Å². The molecule has 2 aliphatic rings. The molecule has 2 heterocycles. The fraction of sp³-hybridized carbons (Fsp3) is 0.771. The van der Waals surface area contributed by atoms with Gasteiger partial charge in [-0.25, -0.2) is 0 Å². The third-order valence-corrected chi connectivity index (χ3v) is 11.2. The van der Waals surface area contributed by atoms with Gasteiger partial charge in [0.25, 0.3) is 0 Å². The van der Waals surface area contributed by atoms with Gasteiger partial charge < -0.3 is 65.1 Å². The first kappa shape index (κ1) is 55.8. The minimum absolute atomic E-state index is 0.251. The van der Waals surface area contributed by atoms with Crippen LogP contribution in [0, 0.1) is 0 Å². The summed E-state index contributed by atoms with van der Waals surface area (Å²) in [5.74, 6) is -0.273. The van der Waals surface area contributed by atoms with Crippen LogP contribution in [0.5, 0.6) is 0 Å². The molecule has 0 aromatic rings. The molecule has 0 aromatic heterocycles. The second kappa shape index (κ2) is 35.0. The number of nitrogens with one attached hydrogen (secondary N) is 1. The third kappa shape index (κ3) is 22.5. The predicted molar refractivity (Wildman–Crippen MR) is 240 cm³/mol. The normalized spacial score (nSPS) is 28.3. The van der Waals surface area contributed by atoms with Crippen molar-refractivity contribution in [3.63, 3.8) is 0 Å². The lowest BCUT2D eigenvalue weighted by Gasteiger charge is -2.46. The molecule has 12 atom stereocenters. The first-order valence-corrected chi connectivity index (χ1v) is 23.5. The van der Waals surface area contributed by atoms with Gasteiger partial charge in [0, 0.05) is 6.42 Å². The highest BCUT2D eigenvalue weighted by molar-refractivity contribution is 5.76. The fourth-order valence-electron chi connectivity index (χ4n) is 7.22. The van der Waals surface area contributed by atoms with Crippen LogP contribution in [0.1, 0.15) is 142 Å². The largest absolute Gasteiger partial charge is 0.394 e. The van der Waals surface area contributed by atoms with Gasteiger partial charge in [0.2, 0.25) is 5.91 Å². The summed E-state index contributed by atoms with van der Waals surface area (Å²) >= 11 is 0. The van der Waals surface area contributed by atoms with E-state index in [0.29, 0.717) is 12.8 Å². The van der Waals surface area contributed by atoms with Gasteiger partial charge in [0.05, 0.1) is 32.0 Å². The number of carbonyl (C=O) groups is 1. The summed E-state index contributed by atoms with van der Waals surface area (Å²) in [5.41, 5.74) is 0. The Bertz CT molecular complexity index is 1270. The van der Waals surface area contributed by atoms with Crippen molar-refractivity contribution in [2.45, 2.75) is 216 Å². The van der Waals surface area contributed by atoms with Crippen LogP contribution < -0.4 is 5.32 Å². The molecule has 0 aliphatic carbocycles. The van der Waals surface area contributed by atoms with Crippen LogP contribution >= 0.6 is 0 Å². The quantitative estimate of drug-likeness (QED) is 0.0304. The first-order valence-electron chi connectivity index (χ1n) is 23.5. The van der Waals surface area contributed by atoms with Crippen molar-refractivity contribution in [2.24, 2.45) is 0 Å². The van der Waals surface area contributed by atoms with Crippen molar-refractivity contribution in [2.75, 3.05) is 19.8 Å². The molecule has 0 aromatic carbocycles. The van der Waals surface area contributed by atoms with E-state index in [-0.39, 0.29) is 18.9 Å². The molecule has 2 fully saturated rings. The van der Waals surface area contributed by atoms with E-state index >= 15 is 0 Å². The maximum absolute atomic E-state index is 13.1. The van der Waals surface area contributed by atoms with Gasteiger partial charge in [-0.3, -0.25) is 4.79 Å². The van der Waals surface area contributed by atoms with Crippen LogP contribution in [-0.4, -0.2) is 140 Å². The van der Waals surface area contributed by atoms with Crippen LogP contribution in [0.25, 0.3) is 0 Å². The number of aliphatic hydroxyl groups excluding tert-OH is 8. The van der Waals surface area contributed by atoms with Crippen LogP contribution in [0.2, 0.25) is 0 Å². The van der Waals surface area contributed by atoms with Crippen molar-refractivity contribution >= 4 is 5.91 Å². The number of unbranched alkanes of at least 4 members (excludes halogenated alkanes) is 13. The van der Waals surface area contributed by atoms with Crippen LogP contribution in [0.3, 0.4) is 0 Å². The van der Waals surface area contributed by atoms with Gasteiger partial charge in [-0.05, 0) is 70.6 Å². The zero-order valence-corrected chi connectivity index (χ0v) is 37.6. The number of amides is 1. The Hall–Kier alpha value is -2.31. The molecule has 0 saturated carbocycles. The molecule has 358 valence electrons. The number of carbonyl (C=O) groups excluding carboxylic acids is 1. The molecule has 2 aliphatic heterocycles. The van der Waals surface area contributed by atoms with E-state index in [0.717, 1.165) is 70.6 Å². The second-order valence-corrected chi connectivity index (χ2v) is 16.5. The highest BCUT2D eigenvalue weighted by atomic mass is 16.7. The topological polar surface area (TPSA) is 228 Å². The lowest BCUT2D eigenvalue weighted by Crippen LogP contribution is -2.65. The Kier molecular flexibility index (Phi) is 31.5. The predicted octanol–water partition coefficient (Wildman–Crippen LogP) is 5.10. The lowest BCUT2D eigenvalue weighted by atomic mass is 9.97. The van der Waals surface area contributed by atoms with Crippen molar-refractivity contribution in [1.82, 2.24) is 5.32 Å². The molecule has 1 amide bonds. The van der Waals surface area contributed by atoms with Gasteiger partial charge in [-0.2, -0.15) is 0 Å². The Morgan fingerprint density at radius 2 is 1.10 bits per heavy atom. The summed E-state index contributed by atoms with van der Waals surface area (Å²) in [5, 5.41) is 86.5. The minimum atomic E-state index is -1.79. The number of hydrogen-bond donors (Lipinski definition) is 9. The van der Waals surface area contributed by atoms with Crippen LogP contribution in [0.4, 0.5) is 0 Å². The molecule has 12 unspecified atom stereocenters. The maximum atomic E-state index is 13.1. The van der Waals surface area contributed by atoms with E-state index in [9.17, 15) is 45.6 Å². The summed E-state index contributed by atoms with van der Waals surface area (Å²) in [4.78, 5) is 13.1. The van der Waals surface area contributed by atoms with Crippen LogP contribution in [0.15, 0.2) is 60.8 Å². The van der Waals surface area contributed by atoms with Gasteiger partial charge >= 0.3 is 0 Å². The molecular formula is C48H83NO13. The number of hydrogen-bond acceptors (Lipinski definition) is 13. The summed E-state index contributed by atoms with van der Waals surface area (Å²) in [6.45, 7) is 2.65. The van der Waals surface area contributed by atoms with Crippen molar-refractivity contribution < 1.29 is 64.6 Å². The standard InChI is InChI=1S/C48H83NO13/c1-3-5-7-9-11-13-15-17-19-21-23-25-27-29-31-37(52)36(49-40(53)32-30-28-26-24-22-20-18-16-14-12-10-8-6-4-2)35-59-47-45(58)43(56)46(39(34-51)61-47)62-48-44(57)42(55)41(54)38(33-50)60-48/h10,12-13,15-16,18,21,23,29,31,36-39,41-48,50-52,54-58H,3-9,11,14,17,19-20,22,24-28,30,32-35H2,1-2H3,(H,49,53)/b12-10-,15-13+,18-16-,23-21+,31-29+. The lowest BCUT2D eigenvalue weighted by molar-refractivity contribution is -0.359. The zero-order valence-electron chi connectivity index (χ0n) is 37.6. The van der Waals surface area contributed by atoms with Crippen molar-refractivity contribution in [1.29, 1.82) is 0 Å². The smallest absolute Gasteiger partial charge is 0.220 e. The zero-order chi connectivity index (χ0) is 45.4. The molecule has 9 N–H and O–H groups in total. The monoisotopic (exact) mass is 882 g/mol. The van der Waals surface area contributed by atoms with Gasteiger partial charge in [0.15, 0.2) is 12.6 Å². The first-order chi connectivity index (χ1) is 30.1. The number of rotatable bonds is 34. The molecule has 62 heavy (non-hydrogen) atoms. The average Bonchev–Trinajstić information content (AvgIpc) is 3.27. The Balaban J connectivity index is 1.93. The van der Waals surface area contributed by atoms with Crippen molar-refractivity contribution in [3.05, 3.63) is 60.8 Å². The van der Waals surface area contributed by atoms with E-state index in [1.54, 1.807) is 6.08 Å². The van der Waals surface area contributed by atoms with Gasteiger partial charge in [-0.1, -0.05) is 126 Å².